The van der Waals surface area contributed by atoms with E-state index in [1.807, 2.05) is 58.2 Å². The van der Waals surface area contributed by atoms with Gasteiger partial charge in [-0.25, -0.2) is 4.98 Å². The maximum absolute atomic E-state index is 13.2. The van der Waals surface area contributed by atoms with Gasteiger partial charge in [-0.2, -0.15) is 5.10 Å². The highest BCUT2D eigenvalue weighted by atomic mass is 35.5. The summed E-state index contributed by atoms with van der Waals surface area (Å²) < 4.78 is 2.68. The molecule has 0 saturated heterocycles. The van der Waals surface area contributed by atoms with Gasteiger partial charge < -0.3 is 4.90 Å². The normalized spacial score (nSPS) is 11.5. The second-order valence-electron chi connectivity index (χ2n) is 6.61. The molecule has 1 amide bonds. The van der Waals surface area contributed by atoms with E-state index < -0.39 is 0 Å². The van der Waals surface area contributed by atoms with Crippen LogP contribution in [0.2, 0.25) is 5.02 Å². The molecule has 0 N–H and O–H groups in total. The maximum Gasteiger partial charge on any atom is 0.280 e. The Morgan fingerprint density at radius 2 is 2.00 bits per heavy atom. The van der Waals surface area contributed by atoms with Crippen molar-refractivity contribution in [3.05, 3.63) is 40.2 Å². The molecule has 0 spiro atoms. The Labute approximate surface area is 162 Å². The molecule has 1 aromatic carbocycles. The minimum absolute atomic E-state index is 0.132. The molecule has 3 rings (SSSR count). The molecule has 0 aliphatic rings. The number of anilines is 1. The molecule has 6 nitrogen and oxygen atoms in total. The number of aromatic nitrogens is 3. The number of likely N-dealkylation sites (N-methyl/N-ethyl adjacent to an activating group) is 1. The first-order chi connectivity index (χ1) is 12.3. The summed E-state index contributed by atoms with van der Waals surface area (Å²) >= 11 is 7.72. The lowest BCUT2D eigenvalue weighted by molar-refractivity contribution is 0.0979. The number of thiazole rings is 1. The number of halogens is 1. The number of rotatable bonds is 5. The molecular formula is C18H22ClN5OS. The van der Waals surface area contributed by atoms with Gasteiger partial charge in [0, 0.05) is 36.9 Å². The summed E-state index contributed by atoms with van der Waals surface area (Å²) in [6.45, 7) is 5.11. The molecule has 0 bridgehead atoms. The predicted octanol–water partition coefficient (Wildman–Crippen LogP) is 3.51. The van der Waals surface area contributed by atoms with Crippen molar-refractivity contribution in [1.82, 2.24) is 19.7 Å². The molecule has 138 valence electrons. The molecular weight excluding hydrogens is 370 g/mol. The van der Waals surface area contributed by atoms with E-state index in [0.717, 1.165) is 27.9 Å². The van der Waals surface area contributed by atoms with Gasteiger partial charge >= 0.3 is 0 Å². The van der Waals surface area contributed by atoms with E-state index in [1.165, 1.54) is 11.3 Å². The van der Waals surface area contributed by atoms with Crippen LogP contribution in [0.15, 0.2) is 18.3 Å². The van der Waals surface area contributed by atoms with Gasteiger partial charge in [0.05, 0.1) is 10.2 Å². The van der Waals surface area contributed by atoms with E-state index in [4.69, 9.17) is 16.6 Å². The number of benzene rings is 1. The van der Waals surface area contributed by atoms with E-state index >= 15 is 0 Å². The molecule has 0 saturated carbocycles. The zero-order valence-electron chi connectivity index (χ0n) is 15.6. The van der Waals surface area contributed by atoms with Crippen LogP contribution >= 0.6 is 22.9 Å². The topological polar surface area (TPSA) is 54.3 Å². The molecule has 3 aromatic rings. The largest absolute Gasteiger partial charge is 0.308 e. The van der Waals surface area contributed by atoms with Gasteiger partial charge in [0.25, 0.3) is 5.91 Å². The van der Waals surface area contributed by atoms with Crippen LogP contribution in [0.4, 0.5) is 5.13 Å². The van der Waals surface area contributed by atoms with Crippen LogP contribution in [0, 0.1) is 13.8 Å². The fraction of sp³-hybridized carbons (Fsp3) is 0.389. The number of aryl methyl sites for hydroxylation is 3. The Bertz CT molecular complexity index is 962. The molecule has 0 radical (unpaired) electrons. The number of amides is 1. The number of nitrogens with zero attached hydrogens (tertiary/aromatic N) is 5. The number of carbonyl (C=O) groups is 1. The fourth-order valence-electron chi connectivity index (χ4n) is 2.73. The third-order valence-electron chi connectivity index (χ3n) is 4.20. The summed E-state index contributed by atoms with van der Waals surface area (Å²) in [5, 5.41) is 5.69. The first kappa shape index (κ1) is 18.8. The van der Waals surface area contributed by atoms with Crippen molar-refractivity contribution in [2.75, 3.05) is 32.1 Å². The minimum atomic E-state index is -0.132. The Kier molecular flexibility index (Phi) is 5.32. The van der Waals surface area contributed by atoms with E-state index in [1.54, 1.807) is 9.58 Å². The first-order valence-corrected chi connectivity index (χ1v) is 9.50. The lowest BCUT2D eigenvalue weighted by Gasteiger charge is -2.21. The van der Waals surface area contributed by atoms with Gasteiger partial charge in [-0.15, -0.1) is 0 Å². The highest BCUT2D eigenvalue weighted by Crippen LogP contribution is 2.34. The highest BCUT2D eigenvalue weighted by Gasteiger charge is 2.25. The van der Waals surface area contributed by atoms with Gasteiger partial charge in [0.15, 0.2) is 10.8 Å². The van der Waals surface area contributed by atoms with Crippen LogP contribution in [-0.2, 0) is 7.05 Å². The van der Waals surface area contributed by atoms with Crippen LogP contribution in [0.5, 0.6) is 0 Å². The number of hydrogen-bond acceptors (Lipinski definition) is 5. The Morgan fingerprint density at radius 3 is 2.62 bits per heavy atom. The SMILES string of the molecule is Cc1cn(C)nc1C(=O)N(CCN(C)C)c1nc2c(C)c(Cl)ccc2s1. The lowest BCUT2D eigenvalue weighted by Crippen LogP contribution is -2.37. The molecule has 26 heavy (non-hydrogen) atoms. The lowest BCUT2D eigenvalue weighted by atomic mass is 10.2. The Balaban J connectivity index is 2.05. The van der Waals surface area contributed by atoms with Gasteiger partial charge in [-0.1, -0.05) is 22.9 Å². The van der Waals surface area contributed by atoms with Crippen molar-refractivity contribution in [1.29, 1.82) is 0 Å². The molecule has 8 heteroatoms. The summed E-state index contributed by atoms with van der Waals surface area (Å²) in [7, 11) is 5.78. The van der Waals surface area contributed by atoms with Crippen molar-refractivity contribution in [2.45, 2.75) is 13.8 Å². The van der Waals surface area contributed by atoms with Crippen LogP contribution in [0.3, 0.4) is 0 Å². The molecule has 0 aliphatic heterocycles. The summed E-state index contributed by atoms with van der Waals surface area (Å²) in [6, 6.07) is 3.82. The second-order valence-corrected chi connectivity index (χ2v) is 8.03. The van der Waals surface area contributed by atoms with Gasteiger partial charge in [0.2, 0.25) is 0 Å². The Hall–Kier alpha value is -1.96. The van der Waals surface area contributed by atoms with Crippen molar-refractivity contribution in [3.63, 3.8) is 0 Å². The van der Waals surface area contributed by atoms with Crippen molar-refractivity contribution in [3.8, 4) is 0 Å². The zero-order valence-corrected chi connectivity index (χ0v) is 17.1. The van der Waals surface area contributed by atoms with Crippen LogP contribution < -0.4 is 4.90 Å². The Morgan fingerprint density at radius 1 is 1.27 bits per heavy atom. The smallest absolute Gasteiger partial charge is 0.280 e. The molecule has 2 aromatic heterocycles. The average molecular weight is 392 g/mol. The van der Waals surface area contributed by atoms with Crippen LogP contribution in [0.25, 0.3) is 10.2 Å². The number of carbonyl (C=O) groups excluding carboxylic acids is 1. The van der Waals surface area contributed by atoms with E-state index in [2.05, 4.69) is 5.10 Å². The quantitative estimate of drug-likeness (QED) is 0.667. The predicted molar refractivity (Wildman–Crippen MR) is 108 cm³/mol. The first-order valence-electron chi connectivity index (χ1n) is 8.30. The molecule has 0 fully saturated rings. The number of fused-ring (bicyclic) bond motifs is 1. The second kappa shape index (κ2) is 7.34. The highest BCUT2D eigenvalue weighted by molar-refractivity contribution is 7.22. The van der Waals surface area contributed by atoms with E-state index in [9.17, 15) is 4.79 Å². The fourth-order valence-corrected chi connectivity index (χ4v) is 3.94. The third-order valence-corrected chi connectivity index (χ3v) is 5.65. The standard InChI is InChI=1S/C18H22ClN5OS/c1-11-10-23(5)21-15(11)17(25)24(9-8-22(3)4)18-20-16-12(2)13(19)6-7-14(16)26-18/h6-7,10H,8-9H2,1-5H3. The molecule has 0 aliphatic carbocycles. The van der Waals surface area contributed by atoms with Crippen LogP contribution in [0.1, 0.15) is 21.6 Å². The van der Waals surface area contributed by atoms with E-state index in [-0.39, 0.29) is 5.91 Å². The minimum Gasteiger partial charge on any atom is -0.308 e. The molecule has 2 heterocycles. The molecule has 0 atom stereocenters. The van der Waals surface area contributed by atoms with Gasteiger partial charge in [0.1, 0.15) is 0 Å². The summed E-state index contributed by atoms with van der Waals surface area (Å²) in [5.74, 6) is -0.132. The van der Waals surface area contributed by atoms with Gasteiger partial charge in [-0.05, 0) is 45.6 Å². The van der Waals surface area contributed by atoms with Crippen molar-refractivity contribution >= 4 is 44.2 Å². The molecule has 0 unspecified atom stereocenters. The summed E-state index contributed by atoms with van der Waals surface area (Å²) in [4.78, 5) is 21.7. The summed E-state index contributed by atoms with van der Waals surface area (Å²) in [5.41, 5.74) is 3.09. The average Bonchev–Trinajstić information content (AvgIpc) is 3.14. The zero-order chi connectivity index (χ0) is 19.0. The number of hydrogen-bond donors (Lipinski definition) is 0. The third kappa shape index (κ3) is 3.60. The monoisotopic (exact) mass is 391 g/mol. The van der Waals surface area contributed by atoms with Gasteiger partial charge in [-0.3, -0.25) is 14.4 Å². The van der Waals surface area contributed by atoms with Crippen LogP contribution in [-0.4, -0.2) is 52.8 Å². The van der Waals surface area contributed by atoms with Crippen molar-refractivity contribution in [2.24, 2.45) is 7.05 Å². The maximum atomic E-state index is 13.2. The van der Waals surface area contributed by atoms with E-state index in [0.29, 0.717) is 22.4 Å². The summed E-state index contributed by atoms with van der Waals surface area (Å²) in [6.07, 6.45) is 1.85. The van der Waals surface area contributed by atoms with Crippen molar-refractivity contribution < 1.29 is 4.79 Å².